The SMILES string of the molecule is CC1(C)C2CCC1(CS(=O)(=O)N1CCSC(c3ccc4c(c3)OCO4)CC1)C(=O)C2. The van der Waals surface area contributed by atoms with Crippen molar-refractivity contribution in [3.05, 3.63) is 23.8 Å². The molecule has 0 aromatic heterocycles. The van der Waals surface area contributed by atoms with E-state index in [9.17, 15) is 13.2 Å². The Bertz CT molecular complexity index is 976. The fourth-order valence-corrected chi connectivity index (χ4v) is 9.49. The summed E-state index contributed by atoms with van der Waals surface area (Å²) in [5.41, 5.74) is 0.215. The van der Waals surface area contributed by atoms with Crippen LogP contribution in [0.1, 0.15) is 50.3 Å². The molecular weight excluding hydrogens is 422 g/mol. The zero-order valence-electron chi connectivity index (χ0n) is 17.6. The highest BCUT2D eigenvalue weighted by Gasteiger charge is 2.65. The predicted molar refractivity (Wildman–Crippen MR) is 116 cm³/mol. The van der Waals surface area contributed by atoms with Crippen molar-refractivity contribution < 1.29 is 22.7 Å². The maximum atomic E-state index is 13.4. The number of rotatable bonds is 4. The van der Waals surface area contributed by atoms with Crippen LogP contribution in [0.3, 0.4) is 0 Å². The number of fused-ring (bicyclic) bond motifs is 3. The summed E-state index contributed by atoms with van der Waals surface area (Å²) in [5, 5.41) is 0.221. The van der Waals surface area contributed by atoms with Crippen LogP contribution in [0.5, 0.6) is 11.5 Å². The Kier molecular flexibility index (Phi) is 4.91. The Hall–Kier alpha value is -1.25. The van der Waals surface area contributed by atoms with Gasteiger partial charge in [-0.05, 0) is 48.3 Å². The molecule has 3 unspecified atom stereocenters. The summed E-state index contributed by atoms with van der Waals surface area (Å²) in [6.45, 7) is 5.43. The Morgan fingerprint density at radius 2 is 1.97 bits per heavy atom. The van der Waals surface area contributed by atoms with E-state index in [1.165, 1.54) is 0 Å². The molecule has 8 heteroatoms. The molecule has 6 nitrogen and oxygen atoms in total. The van der Waals surface area contributed by atoms with Gasteiger partial charge < -0.3 is 9.47 Å². The number of thioether (sulfide) groups is 1. The molecule has 164 valence electrons. The van der Waals surface area contributed by atoms with Gasteiger partial charge in [0.15, 0.2) is 11.5 Å². The van der Waals surface area contributed by atoms with Gasteiger partial charge in [-0.25, -0.2) is 12.7 Å². The highest BCUT2D eigenvalue weighted by molar-refractivity contribution is 7.99. The van der Waals surface area contributed by atoms with Crippen molar-refractivity contribution in [1.82, 2.24) is 4.31 Å². The monoisotopic (exact) mass is 451 g/mol. The van der Waals surface area contributed by atoms with E-state index in [0.717, 1.165) is 35.7 Å². The van der Waals surface area contributed by atoms with Crippen LogP contribution in [0.15, 0.2) is 18.2 Å². The maximum absolute atomic E-state index is 13.4. The van der Waals surface area contributed by atoms with Crippen molar-refractivity contribution >= 4 is 27.6 Å². The second-order valence-corrected chi connectivity index (χ2v) is 12.9. The number of hydrogen-bond acceptors (Lipinski definition) is 6. The fourth-order valence-electron chi connectivity index (χ4n) is 5.92. The quantitative estimate of drug-likeness (QED) is 0.696. The topological polar surface area (TPSA) is 72.9 Å². The number of carbonyl (C=O) groups is 1. The maximum Gasteiger partial charge on any atom is 0.231 e. The largest absolute Gasteiger partial charge is 0.454 e. The summed E-state index contributed by atoms with van der Waals surface area (Å²) in [5.74, 6) is 2.73. The number of carbonyl (C=O) groups excluding carboxylic acids is 1. The van der Waals surface area contributed by atoms with Crippen molar-refractivity contribution in [3.63, 3.8) is 0 Å². The lowest BCUT2D eigenvalue weighted by Crippen LogP contribution is -2.47. The van der Waals surface area contributed by atoms with Crippen LogP contribution in [-0.2, 0) is 14.8 Å². The second kappa shape index (κ2) is 7.14. The van der Waals surface area contributed by atoms with Crippen molar-refractivity contribution in [3.8, 4) is 11.5 Å². The van der Waals surface area contributed by atoms with E-state index in [-0.39, 0.29) is 29.0 Å². The zero-order valence-corrected chi connectivity index (χ0v) is 19.2. The first-order valence-electron chi connectivity index (χ1n) is 10.8. The molecule has 0 amide bonds. The lowest BCUT2D eigenvalue weighted by atomic mass is 9.70. The molecule has 1 aromatic carbocycles. The molecular formula is C22H29NO5S2. The van der Waals surface area contributed by atoms with Gasteiger partial charge in [0, 0.05) is 35.9 Å². The third-order valence-electron chi connectivity index (χ3n) is 8.03. The first-order chi connectivity index (χ1) is 14.2. The molecule has 2 aliphatic carbocycles. The van der Waals surface area contributed by atoms with Gasteiger partial charge in [0.1, 0.15) is 5.78 Å². The average Bonchev–Trinajstić information content (AvgIpc) is 3.20. The average molecular weight is 452 g/mol. The summed E-state index contributed by atoms with van der Waals surface area (Å²) < 4.78 is 39.4. The van der Waals surface area contributed by atoms with E-state index in [1.807, 2.05) is 18.2 Å². The van der Waals surface area contributed by atoms with E-state index < -0.39 is 15.4 Å². The predicted octanol–water partition coefficient (Wildman–Crippen LogP) is 3.62. The smallest absolute Gasteiger partial charge is 0.231 e. The number of benzene rings is 1. The number of Topliss-reactive ketones (excluding diaryl/α,β-unsaturated/α-hetero) is 1. The number of nitrogens with zero attached hydrogens (tertiary/aromatic N) is 1. The van der Waals surface area contributed by atoms with Gasteiger partial charge >= 0.3 is 0 Å². The Balaban J connectivity index is 1.31. The standard InChI is InChI=1S/C22H29NO5S2/c1-21(2)16-5-7-22(21,20(24)12-16)13-30(25,26)23-8-6-19(29-10-9-23)15-3-4-17-18(11-15)28-14-27-17/h3-4,11,16,19H,5-10,12-14H2,1-2H3. The first kappa shape index (κ1) is 20.6. The molecule has 0 spiro atoms. The van der Waals surface area contributed by atoms with Gasteiger partial charge in [-0.3, -0.25) is 4.79 Å². The van der Waals surface area contributed by atoms with Crippen LogP contribution in [0.2, 0.25) is 0 Å². The van der Waals surface area contributed by atoms with Crippen molar-refractivity contribution in [1.29, 1.82) is 0 Å². The molecule has 5 rings (SSSR count). The van der Waals surface area contributed by atoms with E-state index in [1.54, 1.807) is 16.1 Å². The van der Waals surface area contributed by atoms with Crippen LogP contribution in [0.25, 0.3) is 0 Å². The minimum atomic E-state index is -3.50. The van der Waals surface area contributed by atoms with Crippen LogP contribution >= 0.6 is 11.8 Å². The summed E-state index contributed by atoms with van der Waals surface area (Å²) in [7, 11) is -3.50. The minimum absolute atomic E-state index is 0.0261. The van der Waals surface area contributed by atoms with Gasteiger partial charge in [0.2, 0.25) is 16.8 Å². The molecule has 1 saturated heterocycles. The summed E-state index contributed by atoms with van der Waals surface area (Å²) in [6.07, 6.45) is 2.97. The lowest BCUT2D eigenvalue weighted by Gasteiger charge is -2.37. The van der Waals surface area contributed by atoms with Gasteiger partial charge in [0.25, 0.3) is 0 Å². The van der Waals surface area contributed by atoms with Gasteiger partial charge in [0.05, 0.1) is 5.75 Å². The summed E-state index contributed by atoms with van der Waals surface area (Å²) in [6, 6.07) is 6.00. The molecule has 2 bridgehead atoms. The Morgan fingerprint density at radius 3 is 2.70 bits per heavy atom. The molecule has 0 N–H and O–H groups in total. The van der Waals surface area contributed by atoms with Crippen molar-refractivity contribution in [2.75, 3.05) is 31.4 Å². The van der Waals surface area contributed by atoms with Crippen LogP contribution < -0.4 is 9.47 Å². The molecule has 1 aromatic rings. The number of hydrogen-bond donors (Lipinski definition) is 0. The minimum Gasteiger partial charge on any atom is -0.454 e. The van der Waals surface area contributed by atoms with E-state index in [4.69, 9.17) is 9.47 Å². The first-order valence-corrected chi connectivity index (χ1v) is 13.4. The van der Waals surface area contributed by atoms with E-state index in [2.05, 4.69) is 13.8 Å². The molecule has 30 heavy (non-hydrogen) atoms. The molecule has 2 saturated carbocycles. The van der Waals surface area contributed by atoms with Crippen molar-refractivity contribution in [2.45, 2.75) is 44.8 Å². The van der Waals surface area contributed by atoms with E-state index in [0.29, 0.717) is 31.8 Å². The fraction of sp³-hybridized carbons (Fsp3) is 0.682. The number of ketones is 1. The third-order valence-corrected chi connectivity index (χ3v) is 11.4. The zero-order chi connectivity index (χ0) is 21.1. The Labute approximate surface area is 182 Å². The normalized spacial score (nSPS) is 33.1. The van der Waals surface area contributed by atoms with Crippen LogP contribution in [0, 0.1) is 16.7 Å². The molecule has 2 heterocycles. The van der Waals surface area contributed by atoms with Crippen molar-refractivity contribution in [2.24, 2.45) is 16.7 Å². The van der Waals surface area contributed by atoms with Gasteiger partial charge in [-0.15, -0.1) is 0 Å². The molecule has 2 aliphatic heterocycles. The van der Waals surface area contributed by atoms with Gasteiger partial charge in [-0.1, -0.05) is 19.9 Å². The summed E-state index contributed by atoms with van der Waals surface area (Å²) in [4.78, 5) is 12.8. The third kappa shape index (κ3) is 3.09. The summed E-state index contributed by atoms with van der Waals surface area (Å²) >= 11 is 1.79. The van der Waals surface area contributed by atoms with Crippen LogP contribution in [0.4, 0.5) is 0 Å². The number of sulfonamides is 1. The van der Waals surface area contributed by atoms with Gasteiger partial charge in [-0.2, -0.15) is 11.8 Å². The Morgan fingerprint density at radius 1 is 1.17 bits per heavy atom. The van der Waals surface area contributed by atoms with E-state index >= 15 is 0 Å². The molecule has 4 aliphatic rings. The molecule has 3 fully saturated rings. The van der Waals surface area contributed by atoms with Crippen LogP contribution in [-0.4, -0.2) is 49.9 Å². The molecule has 0 radical (unpaired) electrons. The highest BCUT2D eigenvalue weighted by Crippen LogP contribution is 2.64. The highest BCUT2D eigenvalue weighted by atomic mass is 32.2. The second-order valence-electron chi connectivity index (χ2n) is 9.58. The molecule has 3 atom stereocenters. The lowest BCUT2D eigenvalue weighted by molar-refractivity contribution is -0.128. The number of ether oxygens (including phenoxy) is 2.